The van der Waals surface area contributed by atoms with Crippen molar-refractivity contribution in [3.63, 3.8) is 0 Å². The van der Waals surface area contributed by atoms with E-state index in [0.29, 0.717) is 35.2 Å². The molecule has 1 aliphatic heterocycles. The number of sulfonamides is 1. The van der Waals surface area contributed by atoms with E-state index in [2.05, 4.69) is 25.5 Å². The standard InChI is InChI=1S/C20H17FN6O3S/c21-13-5-3-12(4-6-13)19(28)24-20-23-18-17(25-26-20)15-11-14(7-8-16(15)22-18)31(29,30)27-9-1-2-10-27/h3-8,11H,1-2,9-10H2,(H2,22,23,24,26,28). The zero-order chi connectivity index (χ0) is 21.6. The van der Waals surface area contributed by atoms with Crippen LogP contribution in [0.25, 0.3) is 22.1 Å². The fourth-order valence-electron chi connectivity index (χ4n) is 3.62. The van der Waals surface area contributed by atoms with Crippen LogP contribution in [0.3, 0.4) is 0 Å². The monoisotopic (exact) mass is 440 g/mol. The van der Waals surface area contributed by atoms with Crippen LogP contribution in [-0.4, -0.2) is 51.9 Å². The summed E-state index contributed by atoms with van der Waals surface area (Å²) in [4.78, 5) is 19.8. The number of amides is 1. The van der Waals surface area contributed by atoms with Crippen molar-refractivity contribution in [1.29, 1.82) is 0 Å². The lowest BCUT2D eigenvalue weighted by Crippen LogP contribution is -2.27. The van der Waals surface area contributed by atoms with Gasteiger partial charge in [0.05, 0.1) is 4.90 Å². The summed E-state index contributed by atoms with van der Waals surface area (Å²) in [5.74, 6) is -0.977. The number of benzene rings is 2. The highest BCUT2D eigenvalue weighted by molar-refractivity contribution is 7.89. The van der Waals surface area contributed by atoms with Crippen LogP contribution >= 0.6 is 0 Å². The number of rotatable bonds is 4. The van der Waals surface area contributed by atoms with Crippen LogP contribution in [0.5, 0.6) is 0 Å². The highest BCUT2D eigenvalue weighted by Gasteiger charge is 2.27. The van der Waals surface area contributed by atoms with Crippen molar-refractivity contribution in [2.45, 2.75) is 17.7 Å². The highest BCUT2D eigenvalue weighted by Crippen LogP contribution is 2.28. The van der Waals surface area contributed by atoms with Crippen LogP contribution in [0.1, 0.15) is 23.2 Å². The van der Waals surface area contributed by atoms with E-state index in [1.54, 1.807) is 18.2 Å². The first-order valence-electron chi connectivity index (χ1n) is 9.65. The number of carbonyl (C=O) groups excluding carboxylic acids is 1. The second-order valence-electron chi connectivity index (χ2n) is 7.24. The van der Waals surface area contributed by atoms with Crippen molar-refractivity contribution < 1.29 is 17.6 Å². The fourth-order valence-corrected chi connectivity index (χ4v) is 5.16. The third kappa shape index (κ3) is 3.51. The molecule has 1 saturated heterocycles. The molecule has 0 spiro atoms. The number of hydrogen-bond donors (Lipinski definition) is 2. The van der Waals surface area contributed by atoms with Gasteiger partial charge >= 0.3 is 0 Å². The maximum atomic E-state index is 13.0. The Hall–Kier alpha value is -3.44. The lowest BCUT2D eigenvalue weighted by Gasteiger charge is -2.15. The molecule has 2 N–H and O–H groups in total. The van der Waals surface area contributed by atoms with E-state index in [1.165, 1.54) is 28.6 Å². The molecule has 0 atom stereocenters. The Morgan fingerprint density at radius 2 is 1.81 bits per heavy atom. The number of nitrogens with zero attached hydrogens (tertiary/aromatic N) is 4. The largest absolute Gasteiger partial charge is 0.338 e. The lowest BCUT2D eigenvalue weighted by atomic mass is 10.2. The second-order valence-corrected chi connectivity index (χ2v) is 9.18. The molecule has 31 heavy (non-hydrogen) atoms. The van der Waals surface area contributed by atoms with Crippen LogP contribution in [0.2, 0.25) is 0 Å². The van der Waals surface area contributed by atoms with E-state index in [9.17, 15) is 17.6 Å². The molecule has 3 heterocycles. The predicted molar refractivity (Wildman–Crippen MR) is 112 cm³/mol. The molecule has 5 rings (SSSR count). The van der Waals surface area contributed by atoms with Gasteiger partial charge in [-0.15, -0.1) is 10.2 Å². The maximum Gasteiger partial charge on any atom is 0.258 e. The Morgan fingerprint density at radius 1 is 1.06 bits per heavy atom. The number of hydrogen-bond acceptors (Lipinski definition) is 6. The van der Waals surface area contributed by atoms with E-state index < -0.39 is 21.7 Å². The number of H-pyrrole nitrogens is 1. The van der Waals surface area contributed by atoms with Crippen molar-refractivity contribution in [3.8, 4) is 0 Å². The average molecular weight is 440 g/mol. The molecule has 2 aromatic carbocycles. The van der Waals surface area contributed by atoms with Crippen LogP contribution in [0.4, 0.5) is 10.3 Å². The topological polar surface area (TPSA) is 121 Å². The second kappa shape index (κ2) is 7.36. The van der Waals surface area contributed by atoms with E-state index in [0.717, 1.165) is 12.8 Å². The molecule has 0 unspecified atom stereocenters. The van der Waals surface area contributed by atoms with Crippen LogP contribution in [0, 0.1) is 5.82 Å². The number of nitrogens with one attached hydrogen (secondary N) is 2. The molecule has 11 heteroatoms. The first-order valence-corrected chi connectivity index (χ1v) is 11.1. The van der Waals surface area contributed by atoms with Gasteiger partial charge in [-0.2, -0.15) is 9.29 Å². The maximum absolute atomic E-state index is 13.0. The Bertz CT molecular complexity index is 1410. The number of anilines is 1. The van der Waals surface area contributed by atoms with E-state index >= 15 is 0 Å². The Kier molecular flexibility index (Phi) is 4.63. The van der Waals surface area contributed by atoms with Crippen LogP contribution < -0.4 is 5.32 Å². The summed E-state index contributed by atoms with van der Waals surface area (Å²) >= 11 is 0. The summed E-state index contributed by atoms with van der Waals surface area (Å²) < 4.78 is 40.2. The average Bonchev–Trinajstić information content (AvgIpc) is 3.42. The minimum Gasteiger partial charge on any atom is -0.338 e. The molecule has 1 amide bonds. The number of halogens is 1. The van der Waals surface area contributed by atoms with Gasteiger partial charge in [-0.25, -0.2) is 12.8 Å². The number of aromatic amines is 1. The summed E-state index contributed by atoms with van der Waals surface area (Å²) in [7, 11) is -3.57. The smallest absolute Gasteiger partial charge is 0.258 e. The fraction of sp³-hybridized carbons (Fsp3) is 0.200. The molecule has 4 aromatic rings. The summed E-state index contributed by atoms with van der Waals surface area (Å²) in [6.45, 7) is 1.04. The molecule has 1 aliphatic rings. The molecule has 158 valence electrons. The van der Waals surface area contributed by atoms with Gasteiger partial charge in [0.15, 0.2) is 5.65 Å². The molecule has 2 aromatic heterocycles. The van der Waals surface area contributed by atoms with Crippen molar-refractivity contribution in [2.24, 2.45) is 0 Å². The molecular formula is C20H17FN6O3S. The number of fused-ring (bicyclic) bond motifs is 3. The Labute approximate surface area is 176 Å². The minimum absolute atomic E-state index is 0.0294. The molecule has 0 saturated carbocycles. The quantitative estimate of drug-likeness (QED) is 0.503. The van der Waals surface area contributed by atoms with Gasteiger partial charge in [0, 0.05) is 29.6 Å². The predicted octanol–water partition coefficient (Wildman–Crippen LogP) is 2.68. The SMILES string of the molecule is O=C(Nc1nnc2c(n1)[nH]c1ccc(S(=O)(=O)N3CCCC3)cc12)c1ccc(F)cc1. The summed E-state index contributed by atoms with van der Waals surface area (Å²) in [6, 6.07) is 9.85. The molecule has 0 bridgehead atoms. The van der Waals surface area contributed by atoms with Crippen LogP contribution in [0.15, 0.2) is 47.4 Å². The van der Waals surface area contributed by atoms with Crippen LogP contribution in [-0.2, 0) is 10.0 Å². The molecule has 1 fully saturated rings. The zero-order valence-corrected chi connectivity index (χ0v) is 17.0. The van der Waals surface area contributed by atoms with Gasteiger partial charge in [-0.3, -0.25) is 10.1 Å². The van der Waals surface area contributed by atoms with Gasteiger partial charge in [-0.05, 0) is 55.3 Å². The minimum atomic E-state index is -3.57. The molecule has 0 radical (unpaired) electrons. The van der Waals surface area contributed by atoms with E-state index in [4.69, 9.17) is 0 Å². The third-order valence-corrected chi connectivity index (χ3v) is 7.12. The zero-order valence-electron chi connectivity index (χ0n) is 16.2. The normalized spacial score (nSPS) is 15.0. The van der Waals surface area contributed by atoms with E-state index in [-0.39, 0.29) is 16.4 Å². The van der Waals surface area contributed by atoms with Crippen molar-refractivity contribution in [1.82, 2.24) is 24.5 Å². The third-order valence-electron chi connectivity index (χ3n) is 5.22. The van der Waals surface area contributed by atoms with Gasteiger partial charge in [0.25, 0.3) is 11.9 Å². The van der Waals surface area contributed by atoms with Crippen molar-refractivity contribution in [2.75, 3.05) is 18.4 Å². The lowest BCUT2D eigenvalue weighted by molar-refractivity contribution is 0.102. The first-order chi connectivity index (χ1) is 14.9. The van der Waals surface area contributed by atoms with Crippen molar-refractivity contribution in [3.05, 3.63) is 53.8 Å². The Morgan fingerprint density at radius 3 is 2.55 bits per heavy atom. The van der Waals surface area contributed by atoms with Gasteiger partial charge in [0.2, 0.25) is 10.0 Å². The van der Waals surface area contributed by atoms with Crippen molar-refractivity contribution >= 4 is 43.9 Å². The highest BCUT2D eigenvalue weighted by atomic mass is 32.2. The molecule has 0 aliphatic carbocycles. The Balaban J connectivity index is 1.48. The molecule has 9 nitrogen and oxygen atoms in total. The molecular weight excluding hydrogens is 423 g/mol. The summed E-state index contributed by atoms with van der Waals surface area (Å²) in [5.41, 5.74) is 1.65. The number of aromatic nitrogens is 4. The number of carbonyl (C=O) groups is 1. The van der Waals surface area contributed by atoms with Gasteiger partial charge in [-0.1, -0.05) is 0 Å². The summed E-state index contributed by atoms with van der Waals surface area (Å²) in [6.07, 6.45) is 1.72. The van der Waals surface area contributed by atoms with Gasteiger partial charge in [0.1, 0.15) is 11.3 Å². The first kappa shape index (κ1) is 19.5. The van der Waals surface area contributed by atoms with E-state index in [1.807, 2.05) is 0 Å². The summed E-state index contributed by atoms with van der Waals surface area (Å²) in [5, 5.41) is 11.2. The van der Waals surface area contributed by atoms with Gasteiger partial charge < -0.3 is 4.98 Å².